The van der Waals surface area contributed by atoms with Crippen molar-refractivity contribution in [1.29, 1.82) is 0 Å². The van der Waals surface area contributed by atoms with E-state index in [0.29, 0.717) is 17.7 Å². The van der Waals surface area contributed by atoms with E-state index in [1.54, 1.807) is 31.3 Å². The first-order valence-corrected chi connectivity index (χ1v) is 9.60. The molecule has 1 amide bonds. The molecule has 2 aromatic carbocycles. The smallest absolute Gasteiger partial charge is 0.230 e. The summed E-state index contributed by atoms with van der Waals surface area (Å²) in [5, 5.41) is 10.6. The molecule has 0 saturated carbocycles. The number of aliphatic hydroxyl groups is 1. The van der Waals surface area contributed by atoms with Crippen LogP contribution in [0.1, 0.15) is 28.8 Å². The molecule has 0 radical (unpaired) electrons. The monoisotopic (exact) mass is 390 g/mol. The molecule has 0 aliphatic heterocycles. The number of nitrogens with zero attached hydrogens (tertiary/aromatic N) is 2. The van der Waals surface area contributed by atoms with Gasteiger partial charge in [0.25, 0.3) is 0 Å². The van der Waals surface area contributed by atoms with Crippen LogP contribution >= 0.6 is 0 Å². The summed E-state index contributed by atoms with van der Waals surface area (Å²) in [6, 6.07) is 22.7. The quantitative estimate of drug-likeness (QED) is 0.638. The van der Waals surface area contributed by atoms with Crippen LogP contribution < -0.4 is 4.74 Å². The van der Waals surface area contributed by atoms with Gasteiger partial charge in [-0.1, -0.05) is 48.5 Å². The Labute approximate surface area is 171 Å². The van der Waals surface area contributed by atoms with Gasteiger partial charge in [0.15, 0.2) is 0 Å². The number of carbonyl (C=O) groups excluding carboxylic acids is 1. The third-order valence-corrected chi connectivity index (χ3v) is 4.94. The van der Waals surface area contributed by atoms with Crippen molar-refractivity contribution < 1.29 is 14.6 Å². The van der Waals surface area contributed by atoms with E-state index in [2.05, 4.69) is 4.98 Å². The average molecular weight is 390 g/mol. The number of carbonyl (C=O) groups is 1. The van der Waals surface area contributed by atoms with E-state index in [1.165, 1.54) is 0 Å². The SMILES string of the molecule is COc1cccc(C(O)CN(C)C(=O)C(Cc2ccccn2)c2ccccc2)c1. The van der Waals surface area contributed by atoms with Gasteiger partial charge in [0.2, 0.25) is 5.91 Å². The second kappa shape index (κ2) is 9.85. The fraction of sp³-hybridized carbons (Fsp3) is 0.250. The maximum atomic E-state index is 13.3. The predicted octanol–water partition coefficient (Wildman–Crippen LogP) is 3.61. The van der Waals surface area contributed by atoms with Crippen molar-refractivity contribution in [3.8, 4) is 5.75 Å². The lowest BCUT2D eigenvalue weighted by Gasteiger charge is -2.26. The maximum Gasteiger partial charge on any atom is 0.230 e. The second-order valence-corrected chi connectivity index (χ2v) is 7.00. The maximum absolute atomic E-state index is 13.3. The molecular weight excluding hydrogens is 364 g/mol. The number of ether oxygens (including phenoxy) is 1. The van der Waals surface area contributed by atoms with Gasteiger partial charge in [-0.2, -0.15) is 0 Å². The molecule has 1 N–H and O–H groups in total. The Morgan fingerprint density at radius 2 is 1.76 bits per heavy atom. The molecule has 1 aromatic heterocycles. The van der Waals surface area contributed by atoms with E-state index in [-0.39, 0.29) is 18.4 Å². The van der Waals surface area contributed by atoms with Crippen LogP contribution in [0, 0.1) is 0 Å². The molecule has 3 rings (SSSR count). The van der Waals surface area contributed by atoms with Crippen molar-refractivity contribution in [2.75, 3.05) is 20.7 Å². The highest BCUT2D eigenvalue weighted by molar-refractivity contribution is 5.84. The van der Waals surface area contributed by atoms with Crippen molar-refractivity contribution in [2.45, 2.75) is 18.4 Å². The molecule has 0 saturated heterocycles. The first-order chi connectivity index (χ1) is 14.1. The summed E-state index contributed by atoms with van der Waals surface area (Å²) < 4.78 is 5.22. The summed E-state index contributed by atoms with van der Waals surface area (Å²) >= 11 is 0. The number of benzene rings is 2. The van der Waals surface area contributed by atoms with E-state index in [1.807, 2.05) is 66.7 Å². The molecule has 29 heavy (non-hydrogen) atoms. The molecule has 0 bridgehead atoms. The molecule has 3 aromatic rings. The first-order valence-electron chi connectivity index (χ1n) is 9.60. The molecule has 5 heteroatoms. The third kappa shape index (κ3) is 5.42. The Morgan fingerprint density at radius 1 is 1.03 bits per heavy atom. The number of amides is 1. The Hall–Kier alpha value is -3.18. The molecule has 0 aliphatic carbocycles. The van der Waals surface area contributed by atoms with Crippen LogP contribution in [0.2, 0.25) is 0 Å². The second-order valence-electron chi connectivity index (χ2n) is 7.00. The summed E-state index contributed by atoms with van der Waals surface area (Å²) in [6.07, 6.45) is 1.44. The van der Waals surface area contributed by atoms with Crippen LogP contribution in [-0.4, -0.2) is 41.6 Å². The highest BCUT2D eigenvalue weighted by Crippen LogP contribution is 2.25. The number of methoxy groups -OCH3 is 1. The van der Waals surface area contributed by atoms with Crippen molar-refractivity contribution in [3.05, 3.63) is 95.8 Å². The minimum absolute atomic E-state index is 0.0520. The van der Waals surface area contributed by atoms with Crippen LogP contribution in [-0.2, 0) is 11.2 Å². The topological polar surface area (TPSA) is 62.7 Å². The predicted molar refractivity (Wildman–Crippen MR) is 113 cm³/mol. The van der Waals surface area contributed by atoms with Crippen molar-refractivity contribution in [2.24, 2.45) is 0 Å². The molecule has 5 nitrogen and oxygen atoms in total. The van der Waals surface area contributed by atoms with Gasteiger partial charge in [-0.25, -0.2) is 0 Å². The van der Waals surface area contributed by atoms with Gasteiger partial charge < -0.3 is 14.7 Å². The van der Waals surface area contributed by atoms with Crippen LogP contribution in [0.25, 0.3) is 0 Å². The Morgan fingerprint density at radius 3 is 2.45 bits per heavy atom. The summed E-state index contributed by atoms with van der Waals surface area (Å²) in [7, 11) is 3.31. The van der Waals surface area contributed by atoms with Gasteiger partial charge in [0.1, 0.15) is 5.75 Å². The fourth-order valence-electron chi connectivity index (χ4n) is 3.33. The molecule has 150 valence electrons. The van der Waals surface area contributed by atoms with E-state index in [9.17, 15) is 9.90 Å². The molecule has 0 spiro atoms. The summed E-state index contributed by atoms with van der Waals surface area (Å²) in [4.78, 5) is 19.3. The minimum atomic E-state index is -0.801. The van der Waals surface area contributed by atoms with Gasteiger partial charge >= 0.3 is 0 Å². The zero-order chi connectivity index (χ0) is 20.6. The van der Waals surface area contributed by atoms with Crippen LogP contribution in [0.3, 0.4) is 0 Å². The van der Waals surface area contributed by atoms with Crippen LogP contribution in [0.5, 0.6) is 5.75 Å². The third-order valence-electron chi connectivity index (χ3n) is 4.94. The van der Waals surface area contributed by atoms with Crippen LogP contribution in [0.4, 0.5) is 0 Å². The lowest BCUT2D eigenvalue weighted by Crippen LogP contribution is -2.36. The van der Waals surface area contributed by atoms with Gasteiger partial charge in [-0.3, -0.25) is 9.78 Å². The zero-order valence-electron chi connectivity index (χ0n) is 16.7. The lowest BCUT2D eigenvalue weighted by molar-refractivity contribution is -0.132. The molecule has 2 atom stereocenters. The van der Waals surface area contributed by atoms with Crippen LogP contribution in [0.15, 0.2) is 79.0 Å². The number of pyridine rings is 1. The normalized spacial score (nSPS) is 12.8. The zero-order valence-corrected chi connectivity index (χ0v) is 16.7. The number of aromatic nitrogens is 1. The summed E-state index contributed by atoms with van der Waals surface area (Å²) in [6.45, 7) is 0.192. The first kappa shape index (κ1) is 20.6. The van der Waals surface area contributed by atoms with Gasteiger partial charge in [-0.15, -0.1) is 0 Å². The highest BCUT2D eigenvalue weighted by atomic mass is 16.5. The minimum Gasteiger partial charge on any atom is -0.497 e. The summed E-state index contributed by atoms with van der Waals surface area (Å²) in [5.41, 5.74) is 2.51. The standard InChI is InChI=1S/C24H26N2O3/c1-26(17-23(27)19-11-8-13-21(15-19)29-2)24(28)22(18-9-4-3-5-10-18)16-20-12-6-7-14-25-20/h3-15,22-23,27H,16-17H2,1-2H3. The van der Waals surface area contributed by atoms with Crippen molar-refractivity contribution in [1.82, 2.24) is 9.88 Å². The van der Waals surface area contributed by atoms with Crippen molar-refractivity contribution in [3.63, 3.8) is 0 Å². The van der Waals surface area contributed by atoms with Gasteiger partial charge in [-0.05, 0) is 35.4 Å². The van der Waals surface area contributed by atoms with E-state index in [4.69, 9.17) is 4.74 Å². The fourth-order valence-corrected chi connectivity index (χ4v) is 3.33. The highest BCUT2D eigenvalue weighted by Gasteiger charge is 2.26. The average Bonchev–Trinajstić information content (AvgIpc) is 2.78. The molecule has 1 heterocycles. The summed E-state index contributed by atoms with van der Waals surface area (Å²) in [5.74, 6) is 0.255. The number of hydrogen-bond acceptors (Lipinski definition) is 4. The van der Waals surface area contributed by atoms with E-state index >= 15 is 0 Å². The van der Waals surface area contributed by atoms with Crippen molar-refractivity contribution >= 4 is 5.91 Å². The Balaban J connectivity index is 1.77. The lowest BCUT2D eigenvalue weighted by atomic mass is 9.92. The number of hydrogen-bond donors (Lipinski definition) is 1. The molecule has 2 unspecified atom stereocenters. The Bertz CT molecular complexity index is 916. The number of aliphatic hydroxyl groups excluding tert-OH is 1. The Kier molecular flexibility index (Phi) is 6.98. The van der Waals surface area contributed by atoms with E-state index < -0.39 is 6.10 Å². The van der Waals surface area contributed by atoms with Gasteiger partial charge in [0, 0.05) is 25.4 Å². The number of likely N-dealkylation sites (N-methyl/N-ethyl adjacent to an activating group) is 1. The van der Waals surface area contributed by atoms with E-state index in [0.717, 1.165) is 11.3 Å². The molecule has 0 fully saturated rings. The molecular formula is C24H26N2O3. The number of rotatable bonds is 8. The van der Waals surface area contributed by atoms with Gasteiger partial charge in [0.05, 0.1) is 25.7 Å². The largest absolute Gasteiger partial charge is 0.497 e. The molecule has 0 aliphatic rings.